The molecule has 0 spiro atoms. The van der Waals surface area contributed by atoms with Crippen LogP contribution in [0.1, 0.15) is 5.56 Å². The van der Waals surface area contributed by atoms with Crippen molar-refractivity contribution in [3.05, 3.63) is 40.4 Å². The Morgan fingerprint density at radius 1 is 1.05 bits per heavy atom. The largest absolute Gasteiger partial charge is 0.417 e. The van der Waals surface area contributed by atoms with Crippen LogP contribution < -0.4 is 0 Å². The molecule has 0 aliphatic heterocycles. The van der Waals surface area contributed by atoms with Gasteiger partial charge in [0.15, 0.2) is 0 Å². The van der Waals surface area contributed by atoms with Gasteiger partial charge >= 0.3 is 6.18 Å². The van der Waals surface area contributed by atoms with E-state index in [1.807, 2.05) is 0 Å². The lowest BCUT2D eigenvalue weighted by atomic mass is 10.3. The van der Waals surface area contributed by atoms with Crippen LogP contribution >= 0.6 is 35.0 Å². The maximum absolute atomic E-state index is 12.4. The lowest BCUT2D eigenvalue weighted by Crippen LogP contribution is -2.05. The minimum atomic E-state index is -4.41. The Hall–Kier alpha value is -1.05. The zero-order chi connectivity index (χ0) is 14.0. The van der Waals surface area contributed by atoms with Crippen LogP contribution in [-0.2, 0) is 6.18 Å². The highest BCUT2D eigenvalue weighted by Gasteiger charge is 2.30. The van der Waals surface area contributed by atoms with Crippen molar-refractivity contribution in [2.24, 2.45) is 0 Å². The minimum Gasteiger partial charge on any atom is -0.249 e. The summed E-state index contributed by atoms with van der Waals surface area (Å²) >= 11 is 12.4. The van der Waals surface area contributed by atoms with Gasteiger partial charge in [-0.2, -0.15) is 13.2 Å². The average molecular weight is 326 g/mol. The van der Waals surface area contributed by atoms with Crippen LogP contribution in [-0.4, -0.2) is 15.0 Å². The van der Waals surface area contributed by atoms with E-state index in [0.29, 0.717) is 10.1 Å². The summed E-state index contributed by atoms with van der Waals surface area (Å²) in [6, 6.07) is 2.17. The smallest absolute Gasteiger partial charge is 0.249 e. The first kappa shape index (κ1) is 14.4. The molecule has 2 rings (SSSR count). The van der Waals surface area contributed by atoms with Gasteiger partial charge in [-0.05, 0) is 35.5 Å². The van der Waals surface area contributed by atoms with Gasteiger partial charge in [0.1, 0.15) is 10.1 Å². The molecule has 0 aromatic carbocycles. The maximum Gasteiger partial charge on any atom is 0.417 e. The second kappa shape index (κ2) is 5.52. The van der Waals surface area contributed by atoms with Crippen molar-refractivity contribution >= 4 is 35.0 Å². The van der Waals surface area contributed by atoms with Gasteiger partial charge in [0.05, 0.1) is 16.8 Å². The van der Waals surface area contributed by atoms with Gasteiger partial charge in [0, 0.05) is 6.20 Å². The van der Waals surface area contributed by atoms with Crippen molar-refractivity contribution in [2.75, 3.05) is 0 Å². The van der Waals surface area contributed by atoms with Crippen molar-refractivity contribution in [1.29, 1.82) is 0 Å². The topological polar surface area (TPSA) is 38.7 Å². The van der Waals surface area contributed by atoms with Gasteiger partial charge in [0.25, 0.3) is 0 Å². The van der Waals surface area contributed by atoms with Gasteiger partial charge in [-0.1, -0.05) is 11.6 Å². The van der Waals surface area contributed by atoms with E-state index in [4.69, 9.17) is 23.2 Å². The quantitative estimate of drug-likeness (QED) is 0.608. The number of alkyl halides is 3. The van der Waals surface area contributed by atoms with Crippen molar-refractivity contribution in [3.63, 3.8) is 0 Å². The Bertz CT molecular complexity index is 590. The Labute approximate surface area is 120 Å². The van der Waals surface area contributed by atoms with Crippen molar-refractivity contribution in [2.45, 2.75) is 16.2 Å². The first-order valence-electron chi connectivity index (χ1n) is 4.75. The highest BCUT2D eigenvalue weighted by Crippen LogP contribution is 2.33. The molecule has 2 aromatic rings. The molecule has 0 saturated heterocycles. The summed E-state index contributed by atoms with van der Waals surface area (Å²) in [4.78, 5) is 11.2. The van der Waals surface area contributed by atoms with Crippen LogP contribution in [0.4, 0.5) is 13.2 Å². The third-order valence-electron chi connectivity index (χ3n) is 1.95. The van der Waals surface area contributed by atoms with Crippen molar-refractivity contribution < 1.29 is 13.2 Å². The van der Waals surface area contributed by atoms with E-state index >= 15 is 0 Å². The zero-order valence-corrected chi connectivity index (χ0v) is 11.3. The monoisotopic (exact) mass is 325 g/mol. The molecule has 100 valence electrons. The molecule has 3 nitrogen and oxygen atoms in total. The van der Waals surface area contributed by atoms with Gasteiger partial charge in [-0.25, -0.2) is 15.0 Å². The number of pyridine rings is 1. The zero-order valence-electron chi connectivity index (χ0n) is 8.95. The maximum atomic E-state index is 12.4. The highest BCUT2D eigenvalue weighted by atomic mass is 35.5. The lowest BCUT2D eigenvalue weighted by molar-refractivity contribution is -0.137. The molecule has 0 fully saturated rings. The van der Waals surface area contributed by atoms with Gasteiger partial charge < -0.3 is 0 Å². The fraction of sp³-hybridized carbons (Fsp3) is 0.100. The highest BCUT2D eigenvalue weighted by molar-refractivity contribution is 7.99. The van der Waals surface area contributed by atoms with E-state index in [-0.39, 0.29) is 10.3 Å². The molecule has 2 aromatic heterocycles. The Balaban J connectivity index is 2.22. The summed E-state index contributed by atoms with van der Waals surface area (Å²) in [5, 5.41) is 0.897. The van der Waals surface area contributed by atoms with Crippen LogP contribution in [0.15, 0.2) is 34.6 Å². The van der Waals surface area contributed by atoms with Crippen LogP contribution in [0.3, 0.4) is 0 Å². The summed E-state index contributed by atoms with van der Waals surface area (Å²) < 4.78 is 37.1. The molecule has 0 aliphatic carbocycles. The van der Waals surface area contributed by atoms with Crippen LogP contribution in [0, 0.1) is 0 Å². The van der Waals surface area contributed by atoms with Gasteiger partial charge in [0.2, 0.25) is 5.28 Å². The van der Waals surface area contributed by atoms with Crippen molar-refractivity contribution in [3.8, 4) is 0 Å². The summed E-state index contributed by atoms with van der Waals surface area (Å²) in [6.07, 6.45) is -2.35. The van der Waals surface area contributed by atoms with Crippen molar-refractivity contribution in [1.82, 2.24) is 15.0 Å². The van der Waals surface area contributed by atoms with E-state index in [0.717, 1.165) is 24.0 Å². The molecule has 0 aliphatic rings. The first-order valence-corrected chi connectivity index (χ1v) is 6.32. The van der Waals surface area contributed by atoms with Crippen LogP contribution in [0.25, 0.3) is 0 Å². The number of rotatable bonds is 2. The fourth-order valence-electron chi connectivity index (χ4n) is 1.11. The second-order valence-electron chi connectivity index (χ2n) is 3.28. The van der Waals surface area contributed by atoms with Gasteiger partial charge in [-0.15, -0.1) is 0 Å². The molecule has 19 heavy (non-hydrogen) atoms. The predicted octanol–water partition coefficient (Wildman–Crippen LogP) is 4.35. The van der Waals surface area contributed by atoms with E-state index in [1.165, 1.54) is 12.3 Å². The Morgan fingerprint density at radius 2 is 1.79 bits per heavy atom. The molecule has 0 radical (unpaired) electrons. The van der Waals surface area contributed by atoms with E-state index in [2.05, 4.69) is 15.0 Å². The van der Waals surface area contributed by atoms with Crippen LogP contribution in [0.2, 0.25) is 10.3 Å². The molecule has 0 amide bonds. The van der Waals surface area contributed by atoms with E-state index < -0.39 is 11.7 Å². The van der Waals surface area contributed by atoms with Gasteiger partial charge in [-0.3, -0.25) is 0 Å². The standard InChI is InChI=1S/C10H4Cl2F3N3S/c11-6-4-17-9(12)18-8(6)19-7-2-1-5(3-16-7)10(13,14)15/h1-4H. The van der Waals surface area contributed by atoms with E-state index in [1.54, 1.807) is 0 Å². The number of hydrogen-bond acceptors (Lipinski definition) is 4. The number of hydrogen-bond donors (Lipinski definition) is 0. The molecule has 9 heteroatoms. The summed E-state index contributed by atoms with van der Waals surface area (Å²) in [5.41, 5.74) is -0.816. The molecule has 0 saturated carbocycles. The molecule has 0 bridgehead atoms. The Kier molecular flexibility index (Phi) is 4.17. The summed E-state index contributed by atoms with van der Waals surface area (Å²) in [6.45, 7) is 0. The first-order chi connectivity index (χ1) is 8.86. The molecular formula is C10H4Cl2F3N3S. The summed E-state index contributed by atoms with van der Waals surface area (Å²) in [5.74, 6) is 0. The average Bonchev–Trinajstić information content (AvgIpc) is 2.33. The van der Waals surface area contributed by atoms with E-state index in [9.17, 15) is 13.2 Å². The normalized spacial score (nSPS) is 11.6. The molecule has 0 unspecified atom stereocenters. The number of halogens is 5. The van der Waals surface area contributed by atoms with Crippen LogP contribution in [0.5, 0.6) is 0 Å². The number of aromatic nitrogens is 3. The SMILES string of the molecule is FC(F)(F)c1ccc(Sc2nc(Cl)ncc2Cl)nc1. The molecule has 0 atom stereocenters. The Morgan fingerprint density at radius 3 is 2.37 bits per heavy atom. The third kappa shape index (κ3) is 3.71. The molecule has 0 N–H and O–H groups in total. The molecule has 2 heterocycles. The third-order valence-corrected chi connectivity index (χ3v) is 3.47. The lowest BCUT2D eigenvalue weighted by Gasteiger charge is -2.06. The number of nitrogens with zero attached hydrogens (tertiary/aromatic N) is 3. The molecular weight excluding hydrogens is 322 g/mol. The second-order valence-corrected chi connectivity index (χ2v) is 5.03. The minimum absolute atomic E-state index is 0.00110. The predicted molar refractivity (Wildman–Crippen MR) is 65.4 cm³/mol. The summed E-state index contributed by atoms with van der Waals surface area (Å²) in [7, 11) is 0. The fourth-order valence-corrected chi connectivity index (χ4v) is 2.22.